The van der Waals surface area contributed by atoms with E-state index >= 15 is 0 Å². The largest absolute Gasteiger partial charge is 0.472 e. The van der Waals surface area contributed by atoms with E-state index in [0.717, 1.165) is 161 Å². The van der Waals surface area contributed by atoms with Gasteiger partial charge >= 0.3 is 39.5 Å². The number of phosphoric acid groups is 2. The van der Waals surface area contributed by atoms with E-state index in [0.29, 0.717) is 25.7 Å². The first kappa shape index (κ1) is 95.5. The van der Waals surface area contributed by atoms with E-state index in [4.69, 9.17) is 37.0 Å². The van der Waals surface area contributed by atoms with Crippen LogP contribution >= 0.6 is 15.6 Å². The molecule has 0 aromatic rings. The second-order valence-electron chi connectivity index (χ2n) is 25.6. The number of aliphatic hydroxyl groups is 1. The van der Waals surface area contributed by atoms with E-state index in [9.17, 15) is 43.2 Å². The lowest BCUT2D eigenvalue weighted by Crippen LogP contribution is -2.30. The van der Waals surface area contributed by atoms with Crippen molar-refractivity contribution in [1.29, 1.82) is 0 Å². The predicted octanol–water partition coefficient (Wildman–Crippen LogP) is 22.3. The van der Waals surface area contributed by atoms with Crippen LogP contribution in [0, 0.1) is 0 Å². The zero-order valence-electron chi connectivity index (χ0n) is 62.6. The highest BCUT2D eigenvalue weighted by molar-refractivity contribution is 7.47. The third kappa shape index (κ3) is 71.8. The number of carbonyl (C=O) groups excluding carboxylic acids is 4. The lowest BCUT2D eigenvalue weighted by Gasteiger charge is -2.21. The Morgan fingerprint density at radius 3 is 0.930 bits per heavy atom. The molecule has 0 aromatic carbocycles. The molecule has 0 saturated heterocycles. The maximum absolute atomic E-state index is 13.1. The maximum Gasteiger partial charge on any atom is 0.472 e. The minimum atomic E-state index is -5.00. The molecule has 17 nitrogen and oxygen atoms in total. The van der Waals surface area contributed by atoms with Crippen molar-refractivity contribution in [1.82, 2.24) is 0 Å². The van der Waals surface area contributed by atoms with Crippen LogP contribution in [-0.2, 0) is 65.4 Å². The number of hydrogen-bond acceptors (Lipinski definition) is 15. The summed E-state index contributed by atoms with van der Waals surface area (Å²) in [6, 6.07) is 0. The average Bonchev–Trinajstić information content (AvgIpc) is 0.932. The Labute approximate surface area is 606 Å². The maximum atomic E-state index is 13.1. The van der Waals surface area contributed by atoms with Crippen molar-refractivity contribution in [3.63, 3.8) is 0 Å². The molecule has 0 aliphatic carbocycles. The summed E-state index contributed by atoms with van der Waals surface area (Å²) in [4.78, 5) is 72.8. The molecule has 0 aromatic heterocycles. The van der Waals surface area contributed by atoms with Crippen LogP contribution in [0.3, 0.4) is 0 Å². The number of ether oxygens (including phenoxy) is 4. The SMILES string of the molecule is CC/C=C\C/C=C\C/C=C\C/C=C\C/C=C\CC(=O)OC(COC(=O)CCCCCCCCC/C=C\C/C=C\C/C=C\CC)COP(=O)(O)OCC(O)COP(=O)(O)OCC(COC(=O)CCCCCCCCCCCCCCCCC)OC(=O)CCCCCCC/C=C\C/C=C\CCC. The number of hydrogen-bond donors (Lipinski definition) is 3. The molecule has 3 N–H and O–H groups in total. The first-order chi connectivity index (χ1) is 48.7. The van der Waals surface area contributed by atoms with Crippen LogP contribution in [0.15, 0.2) is 122 Å². The number of unbranched alkanes of at least 4 members (excludes halogenated alkanes) is 27. The van der Waals surface area contributed by atoms with Gasteiger partial charge in [-0.2, -0.15) is 0 Å². The van der Waals surface area contributed by atoms with Crippen molar-refractivity contribution >= 4 is 39.5 Å². The van der Waals surface area contributed by atoms with Gasteiger partial charge in [0, 0.05) is 19.3 Å². The van der Waals surface area contributed by atoms with Gasteiger partial charge in [0.25, 0.3) is 0 Å². The van der Waals surface area contributed by atoms with Crippen molar-refractivity contribution in [3.8, 4) is 0 Å². The van der Waals surface area contributed by atoms with E-state index in [2.05, 4.69) is 125 Å². The summed E-state index contributed by atoms with van der Waals surface area (Å²) >= 11 is 0. The average molecular weight is 1450 g/mol. The highest BCUT2D eigenvalue weighted by Gasteiger charge is 2.30. The molecule has 0 heterocycles. The lowest BCUT2D eigenvalue weighted by atomic mass is 10.0. The zero-order valence-corrected chi connectivity index (χ0v) is 64.4. The van der Waals surface area contributed by atoms with Crippen LogP contribution in [0.5, 0.6) is 0 Å². The molecule has 0 bridgehead atoms. The fourth-order valence-corrected chi connectivity index (χ4v) is 11.7. The summed E-state index contributed by atoms with van der Waals surface area (Å²) in [5, 5.41) is 10.6. The smallest absolute Gasteiger partial charge is 0.462 e. The van der Waals surface area contributed by atoms with Gasteiger partial charge in [-0.15, -0.1) is 0 Å². The van der Waals surface area contributed by atoms with Crippen LogP contribution in [0.1, 0.15) is 310 Å². The van der Waals surface area contributed by atoms with E-state index in [1.165, 1.54) is 70.6 Å². The zero-order chi connectivity index (χ0) is 73.2. The Hall–Kier alpha value is -4.54. The van der Waals surface area contributed by atoms with E-state index < -0.39 is 97.5 Å². The van der Waals surface area contributed by atoms with Crippen LogP contribution in [0.2, 0.25) is 0 Å². The number of allylic oxidation sites excluding steroid dienone is 19. The molecule has 100 heavy (non-hydrogen) atoms. The summed E-state index contributed by atoms with van der Waals surface area (Å²) < 4.78 is 68.4. The quantitative estimate of drug-likeness (QED) is 0.0169. The van der Waals surface area contributed by atoms with Crippen molar-refractivity contribution in [3.05, 3.63) is 122 Å². The molecule has 0 saturated carbocycles. The van der Waals surface area contributed by atoms with Crippen LogP contribution in [0.4, 0.5) is 0 Å². The fourth-order valence-electron chi connectivity index (χ4n) is 10.1. The van der Waals surface area contributed by atoms with Gasteiger partial charge in [0.05, 0.1) is 32.8 Å². The second kappa shape index (κ2) is 72.8. The second-order valence-corrected chi connectivity index (χ2v) is 28.5. The highest BCUT2D eigenvalue weighted by Crippen LogP contribution is 2.45. The van der Waals surface area contributed by atoms with E-state index in [-0.39, 0.29) is 25.7 Å². The summed E-state index contributed by atoms with van der Waals surface area (Å²) in [6.07, 6.45) is 79.3. The Kier molecular flexibility index (Phi) is 69.5. The van der Waals surface area contributed by atoms with Gasteiger partial charge in [-0.05, 0) is 109 Å². The minimum Gasteiger partial charge on any atom is -0.462 e. The molecule has 0 radical (unpaired) electrons. The molecule has 0 aliphatic rings. The van der Waals surface area contributed by atoms with Crippen LogP contribution in [-0.4, -0.2) is 96.7 Å². The monoisotopic (exact) mass is 1440 g/mol. The molecule has 0 spiro atoms. The minimum absolute atomic E-state index is 0.0767. The molecular weight excluding hydrogens is 1310 g/mol. The molecule has 574 valence electrons. The molecule has 5 atom stereocenters. The van der Waals surface area contributed by atoms with Crippen molar-refractivity contribution < 1.29 is 80.2 Å². The topological polar surface area (TPSA) is 237 Å². The summed E-state index contributed by atoms with van der Waals surface area (Å²) in [5.41, 5.74) is 0. The molecule has 0 aliphatic heterocycles. The van der Waals surface area contributed by atoms with E-state index in [1.807, 2.05) is 12.2 Å². The molecular formula is C81H138O17P2. The Morgan fingerprint density at radius 1 is 0.300 bits per heavy atom. The number of esters is 4. The molecule has 0 rings (SSSR count). The fraction of sp³-hybridized carbons (Fsp3) is 0.704. The summed E-state index contributed by atoms with van der Waals surface area (Å²) in [6.45, 7) is 4.46. The Balaban J connectivity index is 5.41. The van der Waals surface area contributed by atoms with Gasteiger partial charge in [-0.1, -0.05) is 297 Å². The Morgan fingerprint density at radius 2 is 0.580 bits per heavy atom. The predicted molar refractivity (Wildman–Crippen MR) is 408 cm³/mol. The number of rotatable bonds is 72. The molecule has 19 heteroatoms. The highest BCUT2D eigenvalue weighted by atomic mass is 31.2. The van der Waals surface area contributed by atoms with Gasteiger partial charge in [0.2, 0.25) is 0 Å². The van der Waals surface area contributed by atoms with Crippen LogP contribution < -0.4 is 0 Å². The van der Waals surface area contributed by atoms with Crippen molar-refractivity contribution in [2.45, 2.75) is 329 Å². The van der Waals surface area contributed by atoms with E-state index in [1.54, 1.807) is 12.2 Å². The third-order valence-corrected chi connectivity index (χ3v) is 17.8. The van der Waals surface area contributed by atoms with Gasteiger partial charge in [-0.3, -0.25) is 37.3 Å². The van der Waals surface area contributed by atoms with Crippen molar-refractivity contribution in [2.75, 3.05) is 39.6 Å². The molecule has 5 unspecified atom stereocenters. The molecule has 0 amide bonds. The number of aliphatic hydroxyl groups excluding tert-OH is 1. The first-order valence-electron chi connectivity index (χ1n) is 38.8. The van der Waals surface area contributed by atoms with Gasteiger partial charge in [0.1, 0.15) is 19.3 Å². The summed E-state index contributed by atoms with van der Waals surface area (Å²) in [7, 11) is -9.99. The van der Waals surface area contributed by atoms with Gasteiger partial charge in [0.15, 0.2) is 12.2 Å². The van der Waals surface area contributed by atoms with Gasteiger partial charge in [-0.25, -0.2) is 9.13 Å². The third-order valence-electron chi connectivity index (χ3n) is 15.9. The first-order valence-corrected chi connectivity index (χ1v) is 41.8. The lowest BCUT2D eigenvalue weighted by molar-refractivity contribution is -0.161. The number of phosphoric ester groups is 2. The summed E-state index contributed by atoms with van der Waals surface area (Å²) in [5.74, 6) is -2.34. The van der Waals surface area contributed by atoms with Crippen molar-refractivity contribution in [2.24, 2.45) is 0 Å². The molecule has 0 fully saturated rings. The standard InChI is InChI=1S/C81H138O17P2/c1-5-9-13-17-21-25-29-33-36-37-40-43-46-50-54-58-62-66-79(84)92-72-77(98-81(86)68-64-60-56-52-48-44-39-35-31-27-23-19-15-11-7-3)74-96-100(89,90)94-70-75(82)69-93-99(87,88)95-73-76(97-80(85)67-63-59-55-51-47-41-32-28-24-20-16-12-8-4)71-91-78(83)65-61-57-53-49-45-42-38-34-30-26-22-18-14-10-6-2/h9,11,13,15-16,20-21,23,25,27-28,32-33,35-36,39,48,52,60,64,75-77,82H,5-8,10,12,14,17-19,22,24,26,29-31,34,37-38,40-47,49-51,53-59,61-63,65-74H2,1-4H3,(H,87,88)(H,89,90)/b13-9-,15-11-,20-16-,25-21-,27-23-,32-28-,36-33-,39-35-,52-48-,64-60-. The number of carbonyl (C=O) groups is 4. The van der Waals surface area contributed by atoms with Gasteiger partial charge < -0.3 is 33.8 Å². The normalized spacial score (nSPS) is 14.6. The Bertz CT molecular complexity index is 2370. The van der Waals surface area contributed by atoms with Crippen LogP contribution in [0.25, 0.3) is 0 Å².